The highest BCUT2D eigenvalue weighted by atomic mass is 16.5. The molecule has 1 atom stereocenters. The summed E-state index contributed by atoms with van der Waals surface area (Å²) in [5.41, 5.74) is 1.15. The van der Waals surface area contributed by atoms with Gasteiger partial charge in [0.05, 0.1) is 19.3 Å². The van der Waals surface area contributed by atoms with E-state index >= 15 is 0 Å². The van der Waals surface area contributed by atoms with E-state index in [1.165, 1.54) is 6.92 Å². The van der Waals surface area contributed by atoms with E-state index < -0.39 is 0 Å². The van der Waals surface area contributed by atoms with E-state index in [1.807, 2.05) is 12.1 Å². The first-order valence-electron chi connectivity index (χ1n) is 5.35. The maximum absolute atomic E-state index is 10.7. The number of carbonyl (C=O) groups excluding carboxylic acids is 1. The molecule has 4 heteroatoms. The third-order valence-corrected chi connectivity index (χ3v) is 2.47. The van der Waals surface area contributed by atoms with Gasteiger partial charge in [-0.2, -0.15) is 0 Å². The molecule has 0 radical (unpaired) electrons. The van der Waals surface area contributed by atoms with Crippen molar-refractivity contribution in [2.24, 2.45) is 0 Å². The van der Waals surface area contributed by atoms with Gasteiger partial charge in [0.1, 0.15) is 5.75 Å². The molecule has 1 aromatic carbocycles. The number of ether oxygens (including phenoxy) is 2. The molecule has 0 spiro atoms. The van der Waals surface area contributed by atoms with Gasteiger partial charge in [-0.15, -0.1) is 0 Å². The van der Waals surface area contributed by atoms with E-state index in [2.05, 4.69) is 5.32 Å². The summed E-state index contributed by atoms with van der Waals surface area (Å²) in [6.07, 6.45) is 0. The lowest BCUT2D eigenvalue weighted by molar-refractivity contribution is -0.131. The number of nitrogens with one attached hydrogen (secondary N) is 1. The number of rotatable bonds is 2. The summed E-state index contributed by atoms with van der Waals surface area (Å²) in [6.45, 7) is 3.72. The summed E-state index contributed by atoms with van der Waals surface area (Å²) in [5, 5.41) is 3.36. The van der Waals surface area contributed by atoms with E-state index in [-0.39, 0.29) is 12.0 Å². The minimum atomic E-state index is -0.299. The van der Waals surface area contributed by atoms with Crippen molar-refractivity contribution in [3.05, 3.63) is 29.8 Å². The maximum Gasteiger partial charge on any atom is 0.308 e. The van der Waals surface area contributed by atoms with Gasteiger partial charge in [0, 0.05) is 13.5 Å². The van der Waals surface area contributed by atoms with Crippen molar-refractivity contribution < 1.29 is 14.3 Å². The van der Waals surface area contributed by atoms with Gasteiger partial charge in [0.2, 0.25) is 0 Å². The van der Waals surface area contributed by atoms with Crippen LogP contribution in [0, 0.1) is 0 Å². The first kappa shape index (κ1) is 11.1. The van der Waals surface area contributed by atoms with E-state index in [9.17, 15) is 4.79 Å². The quantitative estimate of drug-likeness (QED) is 0.603. The second-order valence-corrected chi connectivity index (χ2v) is 3.74. The van der Waals surface area contributed by atoms with Crippen molar-refractivity contribution in [2.45, 2.75) is 13.0 Å². The van der Waals surface area contributed by atoms with Gasteiger partial charge in [-0.3, -0.25) is 4.79 Å². The summed E-state index contributed by atoms with van der Waals surface area (Å²) in [4.78, 5) is 10.7. The van der Waals surface area contributed by atoms with Crippen LogP contribution in [0.2, 0.25) is 0 Å². The SMILES string of the molecule is CC(=O)Oc1ccc([C@H]2COCCN2)cc1. The Hall–Kier alpha value is -1.39. The first-order chi connectivity index (χ1) is 7.75. The molecule has 0 aromatic heterocycles. The first-order valence-corrected chi connectivity index (χ1v) is 5.35. The minimum Gasteiger partial charge on any atom is -0.427 e. The summed E-state index contributed by atoms with van der Waals surface area (Å²) in [6, 6.07) is 7.73. The molecule has 1 N–H and O–H groups in total. The molecule has 1 heterocycles. The average molecular weight is 221 g/mol. The number of carbonyl (C=O) groups is 1. The Labute approximate surface area is 94.6 Å². The van der Waals surface area contributed by atoms with Gasteiger partial charge in [-0.25, -0.2) is 0 Å². The highest BCUT2D eigenvalue weighted by molar-refractivity contribution is 5.69. The van der Waals surface area contributed by atoms with Crippen molar-refractivity contribution in [1.29, 1.82) is 0 Å². The fourth-order valence-corrected chi connectivity index (χ4v) is 1.71. The van der Waals surface area contributed by atoms with Crippen molar-refractivity contribution in [2.75, 3.05) is 19.8 Å². The van der Waals surface area contributed by atoms with Crippen LogP contribution in [0.25, 0.3) is 0 Å². The van der Waals surface area contributed by atoms with Crippen LogP contribution in [0.4, 0.5) is 0 Å². The predicted octanol–water partition coefficient (Wildman–Crippen LogP) is 1.27. The zero-order chi connectivity index (χ0) is 11.4. The molecule has 0 bridgehead atoms. The monoisotopic (exact) mass is 221 g/mol. The molecule has 1 saturated heterocycles. The molecule has 4 nitrogen and oxygen atoms in total. The zero-order valence-electron chi connectivity index (χ0n) is 9.23. The van der Waals surface area contributed by atoms with Gasteiger partial charge in [-0.05, 0) is 17.7 Å². The molecule has 86 valence electrons. The van der Waals surface area contributed by atoms with E-state index in [1.54, 1.807) is 12.1 Å². The van der Waals surface area contributed by atoms with Crippen molar-refractivity contribution in [3.63, 3.8) is 0 Å². The molecule has 1 aromatic rings. The van der Waals surface area contributed by atoms with Crippen LogP contribution in [0.15, 0.2) is 24.3 Å². The molecule has 1 aliphatic heterocycles. The highest BCUT2D eigenvalue weighted by Crippen LogP contribution is 2.19. The summed E-state index contributed by atoms with van der Waals surface area (Å²) < 4.78 is 10.3. The highest BCUT2D eigenvalue weighted by Gasteiger charge is 2.14. The smallest absolute Gasteiger partial charge is 0.308 e. The Kier molecular flexibility index (Phi) is 3.54. The molecule has 16 heavy (non-hydrogen) atoms. The van der Waals surface area contributed by atoms with Crippen LogP contribution in [0.3, 0.4) is 0 Å². The number of hydrogen-bond donors (Lipinski definition) is 1. The van der Waals surface area contributed by atoms with Crippen LogP contribution in [-0.2, 0) is 9.53 Å². The molecule has 0 unspecified atom stereocenters. The van der Waals surface area contributed by atoms with Crippen molar-refractivity contribution in [1.82, 2.24) is 5.32 Å². The maximum atomic E-state index is 10.7. The fraction of sp³-hybridized carbons (Fsp3) is 0.417. The van der Waals surface area contributed by atoms with Crippen LogP contribution in [0.5, 0.6) is 5.75 Å². The van der Waals surface area contributed by atoms with Crippen molar-refractivity contribution >= 4 is 5.97 Å². The number of hydrogen-bond acceptors (Lipinski definition) is 4. The number of morpholine rings is 1. The lowest BCUT2D eigenvalue weighted by Gasteiger charge is -2.24. The van der Waals surface area contributed by atoms with Gasteiger partial charge >= 0.3 is 5.97 Å². The predicted molar refractivity (Wildman–Crippen MR) is 59.3 cm³/mol. The zero-order valence-corrected chi connectivity index (χ0v) is 9.23. The van der Waals surface area contributed by atoms with E-state index in [4.69, 9.17) is 9.47 Å². The topological polar surface area (TPSA) is 47.6 Å². The lowest BCUT2D eigenvalue weighted by atomic mass is 10.1. The Bertz CT molecular complexity index is 355. The standard InChI is InChI=1S/C12H15NO3/c1-9(14)16-11-4-2-10(3-5-11)12-8-15-7-6-13-12/h2-5,12-13H,6-8H2,1H3/t12-/m1/s1. The summed E-state index contributed by atoms with van der Waals surface area (Å²) in [7, 11) is 0. The fourth-order valence-electron chi connectivity index (χ4n) is 1.71. The van der Waals surface area contributed by atoms with Gasteiger partial charge in [0.15, 0.2) is 0 Å². The average Bonchev–Trinajstić information content (AvgIpc) is 2.30. The van der Waals surface area contributed by atoms with Crippen LogP contribution in [0.1, 0.15) is 18.5 Å². The van der Waals surface area contributed by atoms with Crippen LogP contribution in [-0.4, -0.2) is 25.7 Å². The molecular weight excluding hydrogens is 206 g/mol. The second kappa shape index (κ2) is 5.09. The number of esters is 1. The van der Waals surface area contributed by atoms with E-state index in [0.717, 1.165) is 18.7 Å². The number of benzene rings is 1. The molecule has 0 amide bonds. The Morgan fingerprint density at radius 1 is 1.44 bits per heavy atom. The van der Waals surface area contributed by atoms with Crippen LogP contribution < -0.4 is 10.1 Å². The molecule has 1 aliphatic rings. The summed E-state index contributed by atoms with van der Waals surface area (Å²) >= 11 is 0. The van der Waals surface area contributed by atoms with Crippen molar-refractivity contribution in [3.8, 4) is 5.75 Å². The largest absolute Gasteiger partial charge is 0.427 e. The Morgan fingerprint density at radius 2 is 2.19 bits per heavy atom. The third kappa shape index (κ3) is 2.81. The second-order valence-electron chi connectivity index (χ2n) is 3.74. The molecule has 0 aliphatic carbocycles. The van der Waals surface area contributed by atoms with Gasteiger partial charge < -0.3 is 14.8 Å². The summed E-state index contributed by atoms with van der Waals surface area (Å²) in [5.74, 6) is 0.278. The van der Waals surface area contributed by atoms with Gasteiger partial charge in [0.25, 0.3) is 0 Å². The minimum absolute atomic E-state index is 0.236. The third-order valence-electron chi connectivity index (χ3n) is 2.47. The normalized spacial score (nSPS) is 20.4. The Balaban J connectivity index is 2.03. The Morgan fingerprint density at radius 3 is 2.75 bits per heavy atom. The molecule has 1 fully saturated rings. The molecule has 0 saturated carbocycles. The molecular formula is C12H15NO3. The lowest BCUT2D eigenvalue weighted by Crippen LogP contribution is -2.34. The van der Waals surface area contributed by atoms with Gasteiger partial charge in [-0.1, -0.05) is 12.1 Å². The molecule has 2 rings (SSSR count). The van der Waals surface area contributed by atoms with Crippen LogP contribution >= 0.6 is 0 Å². The van der Waals surface area contributed by atoms with E-state index in [0.29, 0.717) is 12.4 Å².